The lowest BCUT2D eigenvalue weighted by atomic mass is 10.2. The van der Waals surface area contributed by atoms with E-state index in [0.717, 1.165) is 16.7 Å². The minimum atomic E-state index is -0.514. The predicted molar refractivity (Wildman–Crippen MR) is 114 cm³/mol. The van der Waals surface area contributed by atoms with Crippen LogP contribution in [-0.4, -0.2) is 51.2 Å². The first-order chi connectivity index (χ1) is 14.4. The zero-order valence-corrected chi connectivity index (χ0v) is 17.4. The third-order valence-corrected chi connectivity index (χ3v) is 5.72. The average molecular weight is 444 g/mol. The number of hydrogen-bond acceptors (Lipinski definition) is 8. The number of hydrogen-bond donors (Lipinski definition) is 1. The molecule has 1 aliphatic heterocycles. The number of nitro groups is 1. The Morgan fingerprint density at radius 1 is 1.30 bits per heavy atom. The lowest BCUT2D eigenvalue weighted by Crippen LogP contribution is -2.37. The van der Waals surface area contributed by atoms with E-state index < -0.39 is 16.1 Å². The van der Waals surface area contributed by atoms with E-state index >= 15 is 0 Å². The van der Waals surface area contributed by atoms with Crippen LogP contribution in [0.5, 0.6) is 0 Å². The number of amides is 3. The van der Waals surface area contributed by atoms with Crippen LogP contribution in [0.25, 0.3) is 6.08 Å². The van der Waals surface area contributed by atoms with Crippen molar-refractivity contribution in [2.75, 3.05) is 19.3 Å². The topological polar surface area (TPSA) is 123 Å². The van der Waals surface area contributed by atoms with E-state index in [0.29, 0.717) is 16.2 Å². The van der Waals surface area contributed by atoms with Gasteiger partial charge in [0.2, 0.25) is 0 Å². The number of imide groups is 1. The highest BCUT2D eigenvalue weighted by atomic mass is 32.2. The van der Waals surface area contributed by atoms with E-state index in [4.69, 9.17) is 0 Å². The molecule has 1 fully saturated rings. The van der Waals surface area contributed by atoms with Gasteiger partial charge in [0.05, 0.1) is 15.4 Å². The van der Waals surface area contributed by atoms with Crippen molar-refractivity contribution in [2.24, 2.45) is 0 Å². The van der Waals surface area contributed by atoms with Crippen molar-refractivity contribution in [3.63, 3.8) is 0 Å². The quantitative estimate of drug-likeness (QED) is 0.299. The molecule has 1 saturated heterocycles. The molecule has 11 heteroatoms. The van der Waals surface area contributed by atoms with Gasteiger partial charge < -0.3 is 5.32 Å². The second-order valence-corrected chi connectivity index (χ2v) is 7.79. The maximum Gasteiger partial charge on any atom is 0.293 e. The van der Waals surface area contributed by atoms with Crippen LogP contribution in [0.3, 0.4) is 0 Å². The Bertz CT molecular complexity index is 1040. The fraction of sp³-hybridized carbons (Fsp3) is 0.158. The summed E-state index contributed by atoms with van der Waals surface area (Å²) in [5.74, 6) is -0.801. The number of carbonyl (C=O) groups excluding carboxylic acids is 3. The van der Waals surface area contributed by atoms with Gasteiger partial charge in [-0.2, -0.15) is 0 Å². The number of aromatic nitrogens is 1. The zero-order valence-electron chi connectivity index (χ0n) is 15.7. The number of non-ortho nitro benzene ring substituents is 1. The van der Waals surface area contributed by atoms with Gasteiger partial charge in [-0.3, -0.25) is 29.4 Å². The normalized spacial score (nSPS) is 15.0. The average Bonchev–Trinajstić information content (AvgIpc) is 3.01. The highest BCUT2D eigenvalue weighted by Crippen LogP contribution is 2.32. The molecule has 1 N–H and O–H groups in total. The molecule has 9 nitrogen and oxygen atoms in total. The summed E-state index contributed by atoms with van der Waals surface area (Å²) in [5.41, 5.74) is 0.937. The van der Waals surface area contributed by atoms with Gasteiger partial charge in [0.25, 0.3) is 22.7 Å². The lowest BCUT2D eigenvalue weighted by molar-refractivity contribution is -0.384. The van der Waals surface area contributed by atoms with Crippen LogP contribution in [0.2, 0.25) is 0 Å². The van der Waals surface area contributed by atoms with Gasteiger partial charge >= 0.3 is 0 Å². The van der Waals surface area contributed by atoms with Gasteiger partial charge in [0.15, 0.2) is 0 Å². The summed E-state index contributed by atoms with van der Waals surface area (Å²) in [6, 6.07) is 8.97. The molecule has 1 aliphatic rings. The second-order valence-electron chi connectivity index (χ2n) is 6.00. The summed E-state index contributed by atoms with van der Waals surface area (Å²) < 4.78 is 0. The van der Waals surface area contributed by atoms with Crippen molar-refractivity contribution in [3.05, 3.63) is 68.7 Å². The van der Waals surface area contributed by atoms with Crippen molar-refractivity contribution < 1.29 is 19.3 Å². The standard InChI is InChI=1S/C19H16N4O5S2/c1-29-17-14(3-2-8-21-17)16(24)20-9-10-22-18(25)15(30-19(22)26)11-12-4-6-13(7-5-12)23(27)28/h2-8,11H,9-10H2,1H3,(H,20,24)/b15-11+. The second kappa shape index (κ2) is 9.55. The van der Waals surface area contributed by atoms with Gasteiger partial charge in [-0.05, 0) is 53.9 Å². The molecular formula is C19H16N4O5S2. The molecule has 3 amide bonds. The molecule has 0 saturated carbocycles. The van der Waals surface area contributed by atoms with Gasteiger partial charge in [-0.15, -0.1) is 11.8 Å². The number of benzene rings is 1. The van der Waals surface area contributed by atoms with E-state index in [1.54, 1.807) is 18.3 Å². The van der Waals surface area contributed by atoms with Crippen molar-refractivity contribution in [1.82, 2.24) is 15.2 Å². The monoisotopic (exact) mass is 444 g/mol. The Balaban J connectivity index is 1.61. The molecule has 0 atom stereocenters. The Morgan fingerprint density at radius 3 is 2.70 bits per heavy atom. The van der Waals surface area contributed by atoms with Crippen molar-refractivity contribution in [2.45, 2.75) is 5.03 Å². The number of nitro benzene ring substituents is 1. The molecule has 1 aromatic heterocycles. The fourth-order valence-electron chi connectivity index (χ4n) is 2.64. The molecule has 2 heterocycles. The summed E-state index contributed by atoms with van der Waals surface area (Å²) in [4.78, 5) is 52.6. The highest BCUT2D eigenvalue weighted by Gasteiger charge is 2.34. The summed E-state index contributed by atoms with van der Waals surface area (Å²) in [6.45, 7) is 0.132. The molecule has 0 unspecified atom stereocenters. The molecule has 0 bridgehead atoms. The van der Waals surface area contributed by atoms with Crippen LogP contribution >= 0.6 is 23.5 Å². The first-order valence-corrected chi connectivity index (χ1v) is 10.7. The van der Waals surface area contributed by atoms with E-state index in [9.17, 15) is 24.5 Å². The maximum absolute atomic E-state index is 12.5. The molecule has 0 radical (unpaired) electrons. The molecule has 0 aliphatic carbocycles. The van der Waals surface area contributed by atoms with Crippen LogP contribution in [0.15, 0.2) is 52.5 Å². The van der Waals surface area contributed by atoms with Gasteiger partial charge in [0, 0.05) is 31.4 Å². The zero-order chi connectivity index (χ0) is 21.7. The number of rotatable bonds is 7. The fourth-order valence-corrected chi connectivity index (χ4v) is 4.05. The van der Waals surface area contributed by atoms with E-state index in [1.165, 1.54) is 42.1 Å². The summed E-state index contributed by atoms with van der Waals surface area (Å²) in [5, 5.41) is 13.6. The van der Waals surface area contributed by atoms with Gasteiger partial charge in [-0.1, -0.05) is 0 Å². The van der Waals surface area contributed by atoms with Crippen LogP contribution in [-0.2, 0) is 4.79 Å². The van der Waals surface area contributed by atoms with Crippen molar-refractivity contribution >= 4 is 52.3 Å². The minimum absolute atomic E-state index is 0.0306. The lowest BCUT2D eigenvalue weighted by Gasteiger charge is -2.13. The molecule has 0 spiro atoms. The largest absolute Gasteiger partial charge is 0.350 e. The Kier molecular flexibility index (Phi) is 6.85. The summed E-state index contributed by atoms with van der Waals surface area (Å²) in [6.07, 6.45) is 4.92. The third kappa shape index (κ3) is 4.86. The minimum Gasteiger partial charge on any atom is -0.350 e. The smallest absolute Gasteiger partial charge is 0.293 e. The number of thioether (sulfide) groups is 2. The van der Waals surface area contributed by atoms with Crippen molar-refractivity contribution in [3.8, 4) is 0 Å². The summed E-state index contributed by atoms with van der Waals surface area (Å²) in [7, 11) is 0. The molecule has 30 heavy (non-hydrogen) atoms. The van der Waals surface area contributed by atoms with E-state index in [2.05, 4.69) is 10.3 Å². The third-order valence-electron chi connectivity index (χ3n) is 4.11. The Hall–Kier alpha value is -3.18. The van der Waals surface area contributed by atoms with E-state index in [-0.39, 0.29) is 29.6 Å². The first kappa shape index (κ1) is 21.5. The van der Waals surface area contributed by atoms with Crippen LogP contribution in [0.4, 0.5) is 10.5 Å². The van der Waals surface area contributed by atoms with Crippen LogP contribution in [0, 0.1) is 10.1 Å². The maximum atomic E-state index is 12.5. The van der Waals surface area contributed by atoms with Gasteiger partial charge in [0.1, 0.15) is 5.03 Å². The van der Waals surface area contributed by atoms with Crippen molar-refractivity contribution in [1.29, 1.82) is 0 Å². The molecule has 1 aromatic carbocycles. The number of nitrogens with zero attached hydrogens (tertiary/aromatic N) is 3. The number of carbonyl (C=O) groups is 3. The molecule has 154 valence electrons. The molecular weight excluding hydrogens is 428 g/mol. The predicted octanol–water partition coefficient (Wildman–Crippen LogP) is 3.18. The SMILES string of the molecule is CSc1ncccc1C(=O)NCCN1C(=O)S/C(=C/c2ccc([N+](=O)[O-])cc2)C1=O. The van der Waals surface area contributed by atoms with Crippen LogP contribution in [0.1, 0.15) is 15.9 Å². The number of pyridine rings is 1. The molecule has 3 rings (SSSR count). The van der Waals surface area contributed by atoms with E-state index in [1.807, 2.05) is 6.26 Å². The molecule has 2 aromatic rings. The van der Waals surface area contributed by atoms with Crippen LogP contribution < -0.4 is 5.32 Å². The van der Waals surface area contributed by atoms with Gasteiger partial charge in [-0.25, -0.2) is 4.98 Å². The Labute approximate surface area is 180 Å². The highest BCUT2D eigenvalue weighted by molar-refractivity contribution is 8.18. The number of nitrogens with one attached hydrogen (secondary N) is 1. The Morgan fingerprint density at radius 2 is 2.03 bits per heavy atom. The summed E-state index contributed by atoms with van der Waals surface area (Å²) >= 11 is 2.14. The first-order valence-electron chi connectivity index (χ1n) is 8.67.